The Morgan fingerprint density at radius 3 is 2.42 bits per heavy atom. The van der Waals surface area contributed by atoms with Gasteiger partial charge in [0, 0.05) is 18.5 Å². The molecule has 0 aliphatic heterocycles. The number of unbranched alkanes of at least 4 members (excludes halogenated alkanes) is 1. The summed E-state index contributed by atoms with van der Waals surface area (Å²) in [6.45, 7) is 5.00. The third kappa shape index (κ3) is 6.82. The predicted molar refractivity (Wildman–Crippen MR) is 133 cm³/mol. The van der Waals surface area contributed by atoms with Gasteiger partial charge >= 0.3 is 0 Å². The van der Waals surface area contributed by atoms with Crippen molar-refractivity contribution in [1.29, 1.82) is 0 Å². The van der Waals surface area contributed by atoms with Crippen LogP contribution in [0.5, 0.6) is 5.75 Å². The SMILES string of the molecule is CCCCNC(=O)[C@@H](CC)N(CCc1ccccc1)C(=O)COc1cccc2ccccc12. The maximum absolute atomic E-state index is 13.3. The van der Waals surface area contributed by atoms with Gasteiger partial charge in [0.25, 0.3) is 5.91 Å². The third-order valence-corrected chi connectivity index (χ3v) is 5.80. The van der Waals surface area contributed by atoms with Crippen LogP contribution in [0.2, 0.25) is 0 Å². The lowest BCUT2D eigenvalue weighted by atomic mass is 10.1. The Morgan fingerprint density at radius 2 is 1.67 bits per heavy atom. The highest BCUT2D eigenvalue weighted by molar-refractivity contribution is 5.90. The first-order valence-electron chi connectivity index (χ1n) is 11.9. The molecule has 0 bridgehead atoms. The van der Waals surface area contributed by atoms with E-state index in [9.17, 15) is 9.59 Å². The van der Waals surface area contributed by atoms with Crippen molar-refractivity contribution in [2.45, 2.75) is 45.6 Å². The molecule has 5 nitrogen and oxygen atoms in total. The first kappa shape index (κ1) is 24.3. The maximum atomic E-state index is 13.3. The molecule has 33 heavy (non-hydrogen) atoms. The Morgan fingerprint density at radius 1 is 0.939 bits per heavy atom. The highest BCUT2D eigenvalue weighted by atomic mass is 16.5. The van der Waals surface area contributed by atoms with Gasteiger partial charge in [-0.3, -0.25) is 9.59 Å². The summed E-state index contributed by atoms with van der Waals surface area (Å²) in [7, 11) is 0. The van der Waals surface area contributed by atoms with Crippen molar-refractivity contribution in [1.82, 2.24) is 10.2 Å². The Kier molecular flexibility index (Phi) is 9.31. The van der Waals surface area contributed by atoms with E-state index >= 15 is 0 Å². The minimum absolute atomic E-state index is 0.0995. The third-order valence-electron chi connectivity index (χ3n) is 5.80. The zero-order valence-corrected chi connectivity index (χ0v) is 19.6. The summed E-state index contributed by atoms with van der Waals surface area (Å²) >= 11 is 0. The summed E-state index contributed by atoms with van der Waals surface area (Å²) in [4.78, 5) is 27.9. The van der Waals surface area contributed by atoms with Gasteiger partial charge in [0.2, 0.25) is 5.91 Å². The average molecular weight is 447 g/mol. The van der Waals surface area contributed by atoms with Crippen LogP contribution in [-0.2, 0) is 16.0 Å². The minimum atomic E-state index is -0.519. The van der Waals surface area contributed by atoms with Gasteiger partial charge in [0.1, 0.15) is 11.8 Å². The van der Waals surface area contributed by atoms with Gasteiger partial charge in [-0.15, -0.1) is 0 Å². The number of nitrogens with one attached hydrogen (secondary N) is 1. The smallest absolute Gasteiger partial charge is 0.261 e. The molecule has 0 unspecified atom stereocenters. The minimum Gasteiger partial charge on any atom is -0.483 e. The van der Waals surface area contributed by atoms with Crippen molar-refractivity contribution in [2.75, 3.05) is 19.7 Å². The average Bonchev–Trinajstić information content (AvgIpc) is 2.85. The predicted octanol–water partition coefficient (Wildman–Crippen LogP) is 4.98. The van der Waals surface area contributed by atoms with E-state index in [0.29, 0.717) is 31.7 Å². The Bertz CT molecular complexity index is 1030. The molecule has 0 radical (unpaired) electrons. The van der Waals surface area contributed by atoms with E-state index in [2.05, 4.69) is 12.2 Å². The largest absolute Gasteiger partial charge is 0.483 e. The molecule has 1 N–H and O–H groups in total. The molecule has 0 aromatic heterocycles. The van der Waals surface area contributed by atoms with Crippen LogP contribution in [-0.4, -0.2) is 42.5 Å². The molecule has 0 fully saturated rings. The Hall–Kier alpha value is -3.34. The lowest BCUT2D eigenvalue weighted by molar-refractivity contribution is -0.142. The van der Waals surface area contributed by atoms with Gasteiger partial charge in [-0.25, -0.2) is 0 Å². The van der Waals surface area contributed by atoms with Crippen molar-refractivity contribution in [3.8, 4) is 5.75 Å². The molecular formula is C28H34N2O3. The molecule has 3 aromatic rings. The van der Waals surface area contributed by atoms with Gasteiger partial charge in [0.05, 0.1) is 0 Å². The van der Waals surface area contributed by atoms with Gasteiger partial charge in [-0.2, -0.15) is 0 Å². The van der Waals surface area contributed by atoms with Crippen LogP contribution in [0.25, 0.3) is 10.8 Å². The van der Waals surface area contributed by atoms with Gasteiger partial charge in [-0.05, 0) is 36.3 Å². The summed E-state index contributed by atoms with van der Waals surface area (Å²) in [6, 6.07) is 23.3. The second-order valence-corrected chi connectivity index (χ2v) is 8.16. The molecule has 3 aromatic carbocycles. The lowest BCUT2D eigenvalue weighted by Crippen LogP contribution is -2.51. The van der Waals surface area contributed by atoms with E-state index in [1.807, 2.05) is 79.7 Å². The van der Waals surface area contributed by atoms with Crippen LogP contribution in [0.3, 0.4) is 0 Å². The normalized spacial score (nSPS) is 11.7. The molecule has 0 aliphatic rings. The van der Waals surface area contributed by atoms with Crippen molar-refractivity contribution < 1.29 is 14.3 Å². The molecule has 0 saturated carbocycles. The molecule has 1 atom stereocenters. The molecule has 0 aliphatic carbocycles. The summed E-state index contributed by atoms with van der Waals surface area (Å²) in [5.74, 6) is 0.388. The zero-order chi connectivity index (χ0) is 23.5. The highest BCUT2D eigenvalue weighted by Gasteiger charge is 2.28. The summed E-state index contributed by atoms with van der Waals surface area (Å²) in [5, 5.41) is 5.02. The zero-order valence-electron chi connectivity index (χ0n) is 19.6. The van der Waals surface area contributed by atoms with E-state index in [-0.39, 0.29) is 18.4 Å². The van der Waals surface area contributed by atoms with E-state index < -0.39 is 6.04 Å². The Balaban J connectivity index is 1.74. The number of carbonyl (C=O) groups is 2. The molecule has 3 rings (SSSR count). The summed E-state index contributed by atoms with van der Waals surface area (Å²) in [6.07, 6.45) is 3.16. The van der Waals surface area contributed by atoms with Crippen molar-refractivity contribution in [2.24, 2.45) is 0 Å². The summed E-state index contributed by atoms with van der Waals surface area (Å²) in [5.41, 5.74) is 1.13. The van der Waals surface area contributed by atoms with E-state index in [1.165, 1.54) is 0 Å². The number of amides is 2. The van der Waals surface area contributed by atoms with Gasteiger partial charge < -0.3 is 15.0 Å². The van der Waals surface area contributed by atoms with E-state index in [0.717, 1.165) is 29.2 Å². The van der Waals surface area contributed by atoms with Crippen LogP contribution < -0.4 is 10.1 Å². The highest BCUT2D eigenvalue weighted by Crippen LogP contribution is 2.25. The van der Waals surface area contributed by atoms with Crippen molar-refractivity contribution >= 4 is 22.6 Å². The molecule has 5 heteroatoms. The van der Waals surface area contributed by atoms with Crippen LogP contribution in [0.4, 0.5) is 0 Å². The number of hydrogen-bond donors (Lipinski definition) is 1. The number of rotatable bonds is 12. The number of benzene rings is 3. The van der Waals surface area contributed by atoms with Crippen molar-refractivity contribution in [3.05, 3.63) is 78.4 Å². The lowest BCUT2D eigenvalue weighted by Gasteiger charge is -2.30. The van der Waals surface area contributed by atoms with E-state index in [4.69, 9.17) is 4.74 Å². The first-order chi connectivity index (χ1) is 16.1. The fourth-order valence-electron chi connectivity index (χ4n) is 3.95. The number of carbonyl (C=O) groups excluding carboxylic acids is 2. The van der Waals surface area contributed by atoms with Gasteiger partial charge in [-0.1, -0.05) is 87.0 Å². The molecular weight excluding hydrogens is 412 g/mol. The second kappa shape index (κ2) is 12.6. The number of fused-ring (bicyclic) bond motifs is 1. The second-order valence-electron chi connectivity index (χ2n) is 8.16. The maximum Gasteiger partial charge on any atom is 0.261 e. The molecule has 0 spiro atoms. The Labute approximate surface area is 196 Å². The molecule has 0 saturated heterocycles. The summed E-state index contributed by atoms with van der Waals surface area (Å²) < 4.78 is 5.96. The van der Waals surface area contributed by atoms with Crippen LogP contribution >= 0.6 is 0 Å². The topological polar surface area (TPSA) is 58.6 Å². The standard InChI is InChI=1S/C28H34N2O3/c1-3-5-19-29-28(32)25(4-2)30(20-18-22-12-7-6-8-13-22)27(31)21-33-26-17-11-15-23-14-9-10-16-24(23)26/h6-17,25H,3-5,18-21H2,1-2H3,(H,29,32)/t25-/m1/s1. The van der Waals surface area contributed by atoms with E-state index in [1.54, 1.807) is 4.90 Å². The fraction of sp³-hybridized carbons (Fsp3) is 0.357. The number of ether oxygens (including phenoxy) is 1. The van der Waals surface area contributed by atoms with Crippen LogP contribution in [0.15, 0.2) is 72.8 Å². The molecule has 174 valence electrons. The quantitative estimate of drug-likeness (QED) is 0.399. The van der Waals surface area contributed by atoms with Crippen molar-refractivity contribution in [3.63, 3.8) is 0 Å². The molecule has 2 amide bonds. The molecule has 0 heterocycles. The van der Waals surface area contributed by atoms with Crippen LogP contribution in [0, 0.1) is 0 Å². The van der Waals surface area contributed by atoms with Gasteiger partial charge in [0.15, 0.2) is 6.61 Å². The first-order valence-corrected chi connectivity index (χ1v) is 11.9. The number of nitrogens with zero attached hydrogens (tertiary/aromatic N) is 1. The number of hydrogen-bond acceptors (Lipinski definition) is 3. The fourth-order valence-corrected chi connectivity index (χ4v) is 3.95. The van der Waals surface area contributed by atoms with Crippen LogP contribution in [0.1, 0.15) is 38.7 Å². The monoisotopic (exact) mass is 446 g/mol.